The average molecular weight is 677 g/mol. The van der Waals surface area contributed by atoms with Crippen LogP contribution in [0.25, 0.3) is 104 Å². The molecule has 0 unspecified atom stereocenters. The van der Waals surface area contributed by atoms with Crippen LogP contribution in [0.15, 0.2) is 175 Å². The molecule has 0 radical (unpaired) electrons. The molecule has 246 valence electrons. The largest absolute Gasteiger partial charge is 0.309 e. The fourth-order valence-corrected chi connectivity index (χ4v) is 8.93. The van der Waals surface area contributed by atoms with Crippen molar-refractivity contribution >= 4 is 81.6 Å². The topological polar surface area (TPSA) is 44.2 Å². The Morgan fingerprint density at radius 2 is 0.887 bits per heavy atom. The molecule has 5 nitrogen and oxygen atoms in total. The van der Waals surface area contributed by atoms with E-state index in [1.54, 1.807) is 6.20 Å². The molecule has 0 atom stereocenters. The van der Waals surface area contributed by atoms with Gasteiger partial charge in [0.15, 0.2) is 0 Å². The summed E-state index contributed by atoms with van der Waals surface area (Å²) in [5.74, 6) is 0.784. The number of nitrogens with zero attached hydrogens (tertiary/aromatic N) is 4. The lowest BCUT2D eigenvalue weighted by Crippen LogP contribution is -2.13. The summed E-state index contributed by atoms with van der Waals surface area (Å²) in [6, 6.07) is 57.9. The molecule has 12 aromatic rings. The minimum atomic E-state index is -0.0420. The highest BCUT2D eigenvalue weighted by molar-refractivity contribution is 6.20. The molecule has 12 rings (SSSR count). The molecular formula is C48H28N4O. The number of fused-ring (bicyclic) bond motifs is 11. The Hall–Kier alpha value is -7.24. The highest BCUT2D eigenvalue weighted by atomic mass is 16.1. The van der Waals surface area contributed by atoms with Crippen LogP contribution in [0, 0.1) is 0 Å². The van der Waals surface area contributed by atoms with Crippen LogP contribution in [0.3, 0.4) is 0 Å². The Balaban J connectivity index is 1.07. The SMILES string of the molecule is O=c1c2cnc(-n3c4ccccc4c4cc(-c5ccc6c(c5)c5ccccc5n6-c5ccccc5)ccc43)cc2c2cccc3c4ccccc4n1c23. The number of para-hydroxylation sites is 5. The van der Waals surface area contributed by atoms with Gasteiger partial charge in [0.25, 0.3) is 5.56 Å². The highest BCUT2D eigenvalue weighted by Gasteiger charge is 2.20. The summed E-state index contributed by atoms with van der Waals surface area (Å²) < 4.78 is 6.45. The van der Waals surface area contributed by atoms with Crippen molar-refractivity contribution < 1.29 is 0 Å². The summed E-state index contributed by atoms with van der Waals surface area (Å²) in [6.07, 6.45) is 1.76. The third-order valence-electron chi connectivity index (χ3n) is 11.2. The molecule has 0 saturated carbocycles. The Morgan fingerprint density at radius 3 is 1.57 bits per heavy atom. The minimum Gasteiger partial charge on any atom is -0.309 e. The molecule has 0 aliphatic heterocycles. The predicted octanol–water partition coefficient (Wildman–Crippen LogP) is 11.5. The van der Waals surface area contributed by atoms with E-state index in [2.05, 4.69) is 155 Å². The maximum absolute atomic E-state index is 14.1. The molecule has 0 spiro atoms. The summed E-state index contributed by atoms with van der Waals surface area (Å²) in [5.41, 5.74) is 9.84. The standard InChI is InChI=1S/C48H28N4O/c53-48-40-28-49-46(27-37(40)36-17-10-16-35-32-13-4-9-20-43(32)52(48)47(35)36)51-42-19-8-6-15-34(42)39-26-30(22-24-45(39)51)29-21-23-44-38(25-29)33-14-5-7-18-41(33)50(44)31-11-2-1-3-12-31/h1-28H. The molecule has 0 aliphatic rings. The molecule has 5 heteroatoms. The van der Waals surface area contributed by atoms with Gasteiger partial charge in [-0.05, 0) is 71.8 Å². The molecule has 0 N–H and O–H groups in total. The van der Waals surface area contributed by atoms with Gasteiger partial charge in [0.05, 0.1) is 38.5 Å². The zero-order valence-corrected chi connectivity index (χ0v) is 28.4. The maximum Gasteiger partial charge on any atom is 0.265 e. The first-order valence-corrected chi connectivity index (χ1v) is 17.9. The molecule has 0 aliphatic carbocycles. The van der Waals surface area contributed by atoms with Gasteiger partial charge < -0.3 is 4.57 Å². The molecule has 7 aromatic carbocycles. The zero-order chi connectivity index (χ0) is 34.8. The lowest BCUT2D eigenvalue weighted by molar-refractivity contribution is 1.09. The van der Waals surface area contributed by atoms with Crippen molar-refractivity contribution in [2.45, 2.75) is 0 Å². The minimum absolute atomic E-state index is 0.0420. The summed E-state index contributed by atoms with van der Waals surface area (Å²) in [7, 11) is 0. The quantitative estimate of drug-likeness (QED) is 0.175. The van der Waals surface area contributed by atoms with Crippen molar-refractivity contribution in [1.29, 1.82) is 0 Å². The van der Waals surface area contributed by atoms with Crippen molar-refractivity contribution in [1.82, 2.24) is 18.5 Å². The van der Waals surface area contributed by atoms with E-state index in [9.17, 15) is 4.79 Å². The van der Waals surface area contributed by atoms with Crippen LogP contribution < -0.4 is 5.56 Å². The number of pyridine rings is 2. The normalized spacial score (nSPS) is 12.2. The van der Waals surface area contributed by atoms with Crippen molar-refractivity contribution in [3.8, 4) is 22.6 Å². The van der Waals surface area contributed by atoms with Gasteiger partial charge in [-0.1, -0.05) is 103 Å². The molecule has 0 fully saturated rings. The van der Waals surface area contributed by atoms with Crippen molar-refractivity contribution in [2.24, 2.45) is 0 Å². The van der Waals surface area contributed by atoms with E-state index in [0.717, 1.165) is 71.5 Å². The first kappa shape index (κ1) is 28.5. The van der Waals surface area contributed by atoms with Gasteiger partial charge in [0.2, 0.25) is 0 Å². The van der Waals surface area contributed by atoms with E-state index in [1.165, 1.54) is 27.4 Å². The van der Waals surface area contributed by atoms with Gasteiger partial charge >= 0.3 is 0 Å². The van der Waals surface area contributed by atoms with Crippen LogP contribution in [-0.2, 0) is 0 Å². The first-order valence-electron chi connectivity index (χ1n) is 17.9. The summed E-state index contributed by atoms with van der Waals surface area (Å²) in [6.45, 7) is 0. The fourth-order valence-electron chi connectivity index (χ4n) is 8.93. The maximum atomic E-state index is 14.1. The number of hydrogen-bond acceptors (Lipinski definition) is 2. The Labute approximate surface area is 302 Å². The zero-order valence-electron chi connectivity index (χ0n) is 28.4. The molecule has 5 aromatic heterocycles. The molecule has 0 bridgehead atoms. The van der Waals surface area contributed by atoms with Gasteiger partial charge in [0.1, 0.15) is 5.82 Å². The number of aromatic nitrogens is 4. The van der Waals surface area contributed by atoms with Crippen LogP contribution >= 0.6 is 0 Å². The second-order valence-electron chi connectivity index (χ2n) is 14.0. The lowest BCUT2D eigenvalue weighted by atomic mass is 10.0. The lowest BCUT2D eigenvalue weighted by Gasteiger charge is -2.11. The number of hydrogen-bond donors (Lipinski definition) is 0. The van der Waals surface area contributed by atoms with E-state index in [1.807, 2.05) is 22.6 Å². The van der Waals surface area contributed by atoms with Crippen molar-refractivity contribution in [3.63, 3.8) is 0 Å². The summed E-state index contributed by atoms with van der Waals surface area (Å²) in [5, 5.41) is 9.51. The van der Waals surface area contributed by atoms with Crippen LogP contribution in [0.4, 0.5) is 0 Å². The second-order valence-corrected chi connectivity index (χ2v) is 14.0. The van der Waals surface area contributed by atoms with Crippen molar-refractivity contribution in [3.05, 3.63) is 180 Å². The molecule has 5 heterocycles. The van der Waals surface area contributed by atoms with Crippen LogP contribution in [-0.4, -0.2) is 18.5 Å². The Morgan fingerprint density at radius 1 is 0.377 bits per heavy atom. The second kappa shape index (κ2) is 10.4. The third kappa shape index (κ3) is 3.80. The average Bonchev–Trinajstić information content (AvgIpc) is 3.86. The monoisotopic (exact) mass is 676 g/mol. The van der Waals surface area contributed by atoms with Gasteiger partial charge in [-0.15, -0.1) is 0 Å². The van der Waals surface area contributed by atoms with Gasteiger partial charge in [-0.25, -0.2) is 4.98 Å². The van der Waals surface area contributed by atoms with Gasteiger partial charge in [0, 0.05) is 55.0 Å². The third-order valence-corrected chi connectivity index (χ3v) is 11.2. The van der Waals surface area contributed by atoms with Crippen molar-refractivity contribution in [2.75, 3.05) is 0 Å². The number of rotatable bonds is 3. The highest BCUT2D eigenvalue weighted by Crippen LogP contribution is 2.39. The molecule has 0 amide bonds. The summed E-state index contributed by atoms with van der Waals surface area (Å²) >= 11 is 0. The van der Waals surface area contributed by atoms with Gasteiger partial charge in [-0.3, -0.25) is 13.8 Å². The Bertz CT molecular complexity index is 3530. The molecule has 53 heavy (non-hydrogen) atoms. The van der Waals surface area contributed by atoms with Crippen LogP contribution in [0.1, 0.15) is 0 Å². The van der Waals surface area contributed by atoms with Gasteiger partial charge in [-0.2, -0.15) is 0 Å². The molecule has 0 saturated heterocycles. The Kier molecular flexibility index (Phi) is 5.59. The summed E-state index contributed by atoms with van der Waals surface area (Å²) in [4.78, 5) is 19.1. The van der Waals surface area contributed by atoms with E-state index in [-0.39, 0.29) is 5.56 Å². The van der Waals surface area contributed by atoms with E-state index < -0.39 is 0 Å². The van der Waals surface area contributed by atoms with E-state index in [4.69, 9.17) is 4.98 Å². The fraction of sp³-hybridized carbons (Fsp3) is 0. The predicted molar refractivity (Wildman–Crippen MR) is 219 cm³/mol. The van der Waals surface area contributed by atoms with E-state index in [0.29, 0.717) is 5.39 Å². The van der Waals surface area contributed by atoms with E-state index >= 15 is 0 Å². The smallest absolute Gasteiger partial charge is 0.265 e. The first-order chi connectivity index (χ1) is 26.2. The van der Waals surface area contributed by atoms with Crippen LogP contribution in [0.5, 0.6) is 0 Å². The van der Waals surface area contributed by atoms with Crippen LogP contribution in [0.2, 0.25) is 0 Å². The molecular weight excluding hydrogens is 649 g/mol. The number of benzene rings is 7.